The van der Waals surface area contributed by atoms with Crippen molar-refractivity contribution < 1.29 is 17.9 Å². The molecule has 2 aromatic rings. The summed E-state index contributed by atoms with van der Waals surface area (Å²) in [6.07, 6.45) is 0. The first kappa shape index (κ1) is 16.0. The summed E-state index contributed by atoms with van der Waals surface area (Å²) >= 11 is 0. The van der Waals surface area contributed by atoms with E-state index in [1.54, 1.807) is 30.3 Å². The van der Waals surface area contributed by atoms with Crippen molar-refractivity contribution >= 4 is 21.4 Å². The van der Waals surface area contributed by atoms with Gasteiger partial charge in [-0.25, -0.2) is 8.42 Å². The Morgan fingerprint density at radius 2 is 1.82 bits per heavy atom. The Morgan fingerprint density at radius 3 is 2.41 bits per heavy atom. The number of rotatable bonds is 5. The number of sulfone groups is 1. The topological polar surface area (TPSA) is 72.5 Å². The van der Waals surface area contributed by atoms with Crippen molar-refractivity contribution in [3.05, 3.63) is 54.1 Å². The van der Waals surface area contributed by atoms with Gasteiger partial charge in [0.25, 0.3) is 0 Å². The molecule has 0 saturated heterocycles. The van der Waals surface area contributed by atoms with E-state index in [0.717, 1.165) is 5.56 Å². The lowest BCUT2D eigenvalue weighted by Gasteiger charge is -2.07. The van der Waals surface area contributed by atoms with Crippen LogP contribution < -0.4 is 10.1 Å². The number of amides is 1. The third kappa shape index (κ3) is 4.08. The molecule has 6 heteroatoms. The zero-order valence-corrected chi connectivity index (χ0v) is 13.2. The minimum Gasteiger partial charge on any atom is -0.497 e. The molecule has 1 N–H and O–H groups in total. The summed E-state index contributed by atoms with van der Waals surface area (Å²) < 4.78 is 29.4. The number of hydrogen-bond donors (Lipinski definition) is 1. The van der Waals surface area contributed by atoms with Gasteiger partial charge in [-0.05, 0) is 48.9 Å². The van der Waals surface area contributed by atoms with E-state index in [4.69, 9.17) is 4.74 Å². The molecule has 0 aromatic heterocycles. The average molecular weight is 319 g/mol. The molecule has 0 saturated carbocycles. The van der Waals surface area contributed by atoms with Crippen LogP contribution in [0.1, 0.15) is 5.56 Å². The molecule has 116 valence electrons. The van der Waals surface area contributed by atoms with Gasteiger partial charge in [0.15, 0.2) is 9.84 Å². The third-order valence-corrected chi connectivity index (χ3v) is 4.67. The number of ether oxygens (including phenoxy) is 1. The Balaban J connectivity index is 2.08. The van der Waals surface area contributed by atoms with Gasteiger partial charge >= 0.3 is 0 Å². The average Bonchev–Trinajstić information content (AvgIpc) is 2.46. The summed E-state index contributed by atoms with van der Waals surface area (Å²) in [6.45, 7) is 1.89. The Hall–Kier alpha value is -2.34. The molecule has 0 fully saturated rings. The van der Waals surface area contributed by atoms with Gasteiger partial charge in [0, 0.05) is 5.69 Å². The normalized spacial score (nSPS) is 11.0. The molecular weight excluding hydrogens is 302 g/mol. The molecule has 0 aliphatic heterocycles. The summed E-state index contributed by atoms with van der Waals surface area (Å²) in [4.78, 5) is 12.0. The molecule has 2 rings (SSSR count). The van der Waals surface area contributed by atoms with Crippen LogP contribution in [0.15, 0.2) is 53.4 Å². The van der Waals surface area contributed by atoms with Crippen molar-refractivity contribution in [3.63, 3.8) is 0 Å². The van der Waals surface area contributed by atoms with Crippen LogP contribution in [0.2, 0.25) is 0 Å². The highest BCUT2D eigenvalue weighted by Crippen LogP contribution is 2.17. The van der Waals surface area contributed by atoms with Crippen molar-refractivity contribution in [2.45, 2.75) is 11.8 Å². The summed E-state index contributed by atoms with van der Waals surface area (Å²) in [6, 6.07) is 13.1. The number of carbonyl (C=O) groups excluding carboxylic acids is 1. The number of anilines is 1. The van der Waals surface area contributed by atoms with Gasteiger partial charge in [0.1, 0.15) is 11.5 Å². The molecule has 22 heavy (non-hydrogen) atoms. The Kier molecular flexibility index (Phi) is 4.82. The second-order valence-corrected chi connectivity index (χ2v) is 6.84. The summed E-state index contributed by atoms with van der Waals surface area (Å²) in [5, 5.41) is 2.59. The predicted octanol–water partition coefficient (Wildman–Crippen LogP) is 2.42. The molecule has 0 aliphatic carbocycles. The van der Waals surface area contributed by atoms with E-state index in [1.165, 1.54) is 19.2 Å². The molecule has 0 aliphatic rings. The van der Waals surface area contributed by atoms with E-state index in [2.05, 4.69) is 5.32 Å². The number of methoxy groups -OCH3 is 1. The van der Waals surface area contributed by atoms with Gasteiger partial charge in [-0.3, -0.25) is 4.79 Å². The fraction of sp³-hybridized carbons (Fsp3) is 0.188. The van der Waals surface area contributed by atoms with Crippen molar-refractivity contribution in [2.75, 3.05) is 18.2 Å². The van der Waals surface area contributed by atoms with Crippen LogP contribution in [0.3, 0.4) is 0 Å². The molecule has 0 heterocycles. The molecule has 0 unspecified atom stereocenters. The number of nitrogens with one attached hydrogen (secondary N) is 1. The number of carbonyl (C=O) groups is 1. The van der Waals surface area contributed by atoms with Crippen LogP contribution in [0.5, 0.6) is 5.75 Å². The highest BCUT2D eigenvalue weighted by atomic mass is 32.2. The second-order valence-electron chi connectivity index (χ2n) is 4.85. The van der Waals surface area contributed by atoms with Gasteiger partial charge in [0.2, 0.25) is 5.91 Å². The van der Waals surface area contributed by atoms with Gasteiger partial charge in [-0.1, -0.05) is 12.1 Å². The van der Waals surface area contributed by atoms with Gasteiger partial charge in [-0.2, -0.15) is 0 Å². The Morgan fingerprint density at radius 1 is 1.14 bits per heavy atom. The Bertz CT molecular complexity index is 767. The van der Waals surface area contributed by atoms with Gasteiger partial charge in [0.05, 0.1) is 12.0 Å². The quantitative estimate of drug-likeness (QED) is 0.918. The SMILES string of the molecule is COc1ccc(S(=O)(=O)CC(=O)Nc2cccc(C)c2)cc1. The number of benzene rings is 2. The van der Waals surface area contributed by atoms with E-state index in [9.17, 15) is 13.2 Å². The molecule has 5 nitrogen and oxygen atoms in total. The molecular formula is C16H17NO4S. The summed E-state index contributed by atoms with van der Waals surface area (Å²) in [5.41, 5.74) is 1.56. The molecule has 0 atom stereocenters. The third-order valence-electron chi connectivity index (χ3n) is 3.04. The first-order chi connectivity index (χ1) is 10.4. The van der Waals surface area contributed by atoms with Crippen LogP contribution in [0.4, 0.5) is 5.69 Å². The summed E-state index contributed by atoms with van der Waals surface area (Å²) in [7, 11) is -2.18. The minimum atomic E-state index is -3.68. The van der Waals surface area contributed by atoms with Gasteiger partial charge in [-0.15, -0.1) is 0 Å². The Labute approximate surface area is 129 Å². The van der Waals surface area contributed by atoms with E-state index in [0.29, 0.717) is 11.4 Å². The van der Waals surface area contributed by atoms with Crippen molar-refractivity contribution in [2.24, 2.45) is 0 Å². The highest BCUT2D eigenvalue weighted by Gasteiger charge is 2.19. The minimum absolute atomic E-state index is 0.0905. The largest absolute Gasteiger partial charge is 0.497 e. The first-order valence-electron chi connectivity index (χ1n) is 6.64. The maximum absolute atomic E-state index is 12.2. The van der Waals surface area contributed by atoms with E-state index < -0.39 is 21.5 Å². The molecule has 0 spiro atoms. The van der Waals surface area contributed by atoms with Crippen LogP contribution >= 0.6 is 0 Å². The lowest BCUT2D eigenvalue weighted by atomic mass is 10.2. The fourth-order valence-corrected chi connectivity index (χ4v) is 3.09. The van der Waals surface area contributed by atoms with Crippen LogP contribution in [-0.2, 0) is 14.6 Å². The summed E-state index contributed by atoms with van der Waals surface area (Å²) in [5.74, 6) is -0.614. The second kappa shape index (κ2) is 6.62. The van der Waals surface area contributed by atoms with Crippen LogP contribution in [0.25, 0.3) is 0 Å². The standard InChI is InChI=1S/C16H17NO4S/c1-12-4-3-5-13(10-12)17-16(18)11-22(19,20)15-8-6-14(21-2)7-9-15/h3-10H,11H2,1-2H3,(H,17,18). The van der Waals surface area contributed by atoms with Gasteiger partial charge < -0.3 is 10.1 Å². The fourth-order valence-electron chi connectivity index (χ4n) is 1.96. The zero-order valence-electron chi connectivity index (χ0n) is 12.4. The van der Waals surface area contributed by atoms with E-state index in [1.807, 2.05) is 13.0 Å². The molecule has 0 bridgehead atoms. The molecule has 1 amide bonds. The smallest absolute Gasteiger partial charge is 0.239 e. The number of aryl methyl sites for hydroxylation is 1. The lowest BCUT2D eigenvalue weighted by Crippen LogP contribution is -2.23. The van der Waals surface area contributed by atoms with Crippen molar-refractivity contribution in [3.8, 4) is 5.75 Å². The maximum atomic E-state index is 12.2. The predicted molar refractivity (Wildman–Crippen MR) is 84.9 cm³/mol. The highest BCUT2D eigenvalue weighted by molar-refractivity contribution is 7.92. The van der Waals surface area contributed by atoms with E-state index >= 15 is 0 Å². The monoisotopic (exact) mass is 319 g/mol. The number of hydrogen-bond acceptors (Lipinski definition) is 4. The molecule has 2 aromatic carbocycles. The van der Waals surface area contributed by atoms with Crippen LogP contribution in [0, 0.1) is 6.92 Å². The maximum Gasteiger partial charge on any atom is 0.239 e. The lowest BCUT2D eigenvalue weighted by molar-refractivity contribution is -0.113. The first-order valence-corrected chi connectivity index (χ1v) is 8.29. The van der Waals surface area contributed by atoms with Crippen LogP contribution in [-0.4, -0.2) is 27.2 Å². The van der Waals surface area contributed by atoms with Crippen molar-refractivity contribution in [1.82, 2.24) is 0 Å². The zero-order chi connectivity index (χ0) is 16.2. The molecule has 0 radical (unpaired) electrons. The van der Waals surface area contributed by atoms with Crippen molar-refractivity contribution in [1.29, 1.82) is 0 Å². The van der Waals surface area contributed by atoms with E-state index in [-0.39, 0.29) is 4.90 Å².